The second-order valence-electron chi connectivity index (χ2n) is 5.10. The monoisotopic (exact) mass is 249 g/mol. The standard InChI is InChI=1S/C13H23N5/c1-17-7-3-4-12(10-17)18(2)13-15-8-11(5-6-14)9-16-13/h8-9,12H,3-7,10,14H2,1-2H3. The number of rotatable bonds is 4. The first kappa shape index (κ1) is 13.2. The Morgan fingerprint density at radius 2 is 2.17 bits per heavy atom. The van der Waals surface area contributed by atoms with Gasteiger partial charge in [-0.3, -0.25) is 0 Å². The number of anilines is 1. The minimum Gasteiger partial charge on any atom is -0.340 e. The lowest BCUT2D eigenvalue weighted by molar-refractivity contribution is 0.247. The number of likely N-dealkylation sites (N-methyl/N-ethyl adjacent to an activating group) is 2. The highest BCUT2D eigenvalue weighted by Crippen LogP contribution is 2.17. The van der Waals surface area contributed by atoms with Gasteiger partial charge in [-0.1, -0.05) is 0 Å². The van der Waals surface area contributed by atoms with Gasteiger partial charge in [-0.25, -0.2) is 9.97 Å². The van der Waals surface area contributed by atoms with E-state index in [4.69, 9.17) is 5.73 Å². The van der Waals surface area contributed by atoms with Crippen LogP contribution in [0.2, 0.25) is 0 Å². The van der Waals surface area contributed by atoms with Crippen molar-refractivity contribution in [3.05, 3.63) is 18.0 Å². The van der Waals surface area contributed by atoms with Crippen molar-refractivity contribution in [1.29, 1.82) is 0 Å². The third-order valence-electron chi connectivity index (χ3n) is 3.59. The number of hydrogen-bond donors (Lipinski definition) is 1. The number of nitrogens with two attached hydrogens (primary N) is 1. The van der Waals surface area contributed by atoms with Gasteiger partial charge in [0.1, 0.15) is 0 Å². The Hall–Kier alpha value is -1.20. The summed E-state index contributed by atoms with van der Waals surface area (Å²) in [6.45, 7) is 2.93. The summed E-state index contributed by atoms with van der Waals surface area (Å²) in [5.41, 5.74) is 6.63. The molecule has 1 fully saturated rings. The number of likely N-dealkylation sites (tertiary alicyclic amines) is 1. The maximum Gasteiger partial charge on any atom is 0.225 e. The predicted octanol–water partition coefficient (Wildman–Crippen LogP) is 0.508. The summed E-state index contributed by atoms with van der Waals surface area (Å²) in [6.07, 6.45) is 7.08. The molecule has 18 heavy (non-hydrogen) atoms. The van der Waals surface area contributed by atoms with Crippen molar-refractivity contribution >= 4 is 5.95 Å². The van der Waals surface area contributed by atoms with E-state index in [1.807, 2.05) is 12.4 Å². The summed E-state index contributed by atoms with van der Waals surface area (Å²) in [7, 11) is 4.26. The molecule has 1 aliphatic heterocycles. The summed E-state index contributed by atoms with van der Waals surface area (Å²) in [5, 5.41) is 0. The van der Waals surface area contributed by atoms with Crippen molar-refractivity contribution in [2.45, 2.75) is 25.3 Å². The van der Waals surface area contributed by atoms with Crippen LogP contribution >= 0.6 is 0 Å². The maximum atomic E-state index is 5.52. The summed E-state index contributed by atoms with van der Waals surface area (Å²) in [6, 6.07) is 0.518. The lowest BCUT2D eigenvalue weighted by Gasteiger charge is -2.35. The molecule has 1 atom stereocenters. The van der Waals surface area contributed by atoms with Gasteiger partial charge in [-0.15, -0.1) is 0 Å². The van der Waals surface area contributed by atoms with E-state index in [0.29, 0.717) is 12.6 Å². The van der Waals surface area contributed by atoms with Crippen molar-refractivity contribution in [2.75, 3.05) is 38.6 Å². The van der Waals surface area contributed by atoms with Crippen LogP contribution in [0.4, 0.5) is 5.95 Å². The number of nitrogens with zero attached hydrogens (tertiary/aromatic N) is 4. The van der Waals surface area contributed by atoms with E-state index in [9.17, 15) is 0 Å². The minimum absolute atomic E-state index is 0.518. The molecule has 0 radical (unpaired) electrons. The Morgan fingerprint density at radius 3 is 2.78 bits per heavy atom. The number of piperidine rings is 1. The molecule has 1 aromatic heterocycles. The smallest absolute Gasteiger partial charge is 0.225 e. The molecule has 1 aromatic rings. The van der Waals surface area contributed by atoms with Crippen molar-refractivity contribution in [2.24, 2.45) is 5.73 Å². The van der Waals surface area contributed by atoms with Gasteiger partial charge in [0.2, 0.25) is 5.95 Å². The zero-order chi connectivity index (χ0) is 13.0. The highest BCUT2D eigenvalue weighted by molar-refractivity contribution is 5.30. The molecule has 0 amide bonds. The van der Waals surface area contributed by atoms with Crippen molar-refractivity contribution < 1.29 is 0 Å². The molecule has 0 spiro atoms. The lowest BCUT2D eigenvalue weighted by Crippen LogP contribution is -2.45. The van der Waals surface area contributed by atoms with Crippen LogP contribution in [0.5, 0.6) is 0 Å². The molecule has 0 aromatic carbocycles. The third-order valence-corrected chi connectivity index (χ3v) is 3.59. The van der Waals surface area contributed by atoms with E-state index < -0.39 is 0 Å². The highest BCUT2D eigenvalue weighted by Gasteiger charge is 2.22. The Balaban J connectivity index is 2.01. The van der Waals surface area contributed by atoms with Gasteiger partial charge in [0.15, 0.2) is 0 Å². The van der Waals surface area contributed by atoms with Crippen LogP contribution in [-0.4, -0.2) is 54.6 Å². The Kier molecular flexibility index (Phi) is 4.49. The zero-order valence-electron chi connectivity index (χ0n) is 11.3. The van der Waals surface area contributed by atoms with Crippen molar-refractivity contribution in [1.82, 2.24) is 14.9 Å². The van der Waals surface area contributed by atoms with Gasteiger partial charge in [0.25, 0.3) is 0 Å². The number of hydrogen-bond acceptors (Lipinski definition) is 5. The first-order valence-corrected chi connectivity index (χ1v) is 6.63. The topological polar surface area (TPSA) is 58.3 Å². The molecule has 1 unspecified atom stereocenters. The van der Waals surface area contributed by atoms with Gasteiger partial charge >= 0.3 is 0 Å². The minimum atomic E-state index is 0.518. The SMILES string of the molecule is CN1CCCC(N(C)c2ncc(CCN)cn2)C1. The number of aromatic nitrogens is 2. The largest absolute Gasteiger partial charge is 0.340 e. The average molecular weight is 249 g/mol. The van der Waals surface area contributed by atoms with Crippen molar-refractivity contribution in [3.8, 4) is 0 Å². The van der Waals surface area contributed by atoms with Crippen LogP contribution in [-0.2, 0) is 6.42 Å². The summed E-state index contributed by atoms with van der Waals surface area (Å²) < 4.78 is 0. The van der Waals surface area contributed by atoms with E-state index in [1.165, 1.54) is 19.4 Å². The van der Waals surface area contributed by atoms with E-state index in [0.717, 1.165) is 24.5 Å². The van der Waals surface area contributed by atoms with E-state index in [1.54, 1.807) is 0 Å². The van der Waals surface area contributed by atoms with Gasteiger partial charge in [-0.05, 0) is 45.0 Å². The Morgan fingerprint density at radius 1 is 1.44 bits per heavy atom. The molecule has 2 rings (SSSR count). The third kappa shape index (κ3) is 3.17. The van der Waals surface area contributed by atoms with Crippen LogP contribution in [0.25, 0.3) is 0 Å². The fraction of sp³-hybridized carbons (Fsp3) is 0.692. The molecule has 5 heteroatoms. The molecular formula is C13H23N5. The molecule has 2 heterocycles. The maximum absolute atomic E-state index is 5.52. The van der Waals surface area contributed by atoms with Crippen LogP contribution in [0, 0.1) is 0 Å². The fourth-order valence-corrected chi connectivity index (χ4v) is 2.44. The van der Waals surface area contributed by atoms with Gasteiger partial charge < -0.3 is 15.5 Å². The van der Waals surface area contributed by atoms with Crippen molar-refractivity contribution in [3.63, 3.8) is 0 Å². The first-order chi connectivity index (χ1) is 8.70. The molecule has 1 aliphatic rings. The van der Waals surface area contributed by atoms with E-state index in [-0.39, 0.29) is 0 Å². The van der Waals surface area contributed by atoms with E-state index >= 15 is 0 Å². The molecule has 1 saturated heterocycles. The van der Waals surface area contributed by atoms with Gasteiger partial charge in [0, 0.05) is 32.0 Å². The molecule has 2 N–H and O–H groups in total. The van der Waals surface area contributed by atoms with Crippen LogP contribution < -0.4 is 10.6 Å². The Bertz CT molecular complexity index is 364. The normalized spacial score (nSPS) is 20.9. The molecular weight excluding hydrogens is 226 g/mol. The van der Waals surface area contributed by atoms with E-state index in [2.05, 4.69) is 33.9 Å². The summed E-state index contributed by atoms with van der Waals surface area (Å²) >= 11 is 0. The summed E-state index contributed by atoms with van der Waals surface area (Å²) in [4.78, 5) is 13.4. The molecule has 0 saturated carbocycles. The second-order valence-corrected chi connectivity index (χ2v) is 5.10. The first-order valence-electron chi connectivity index (χ1n) is 6.63. The van der Waals surface area contributed by atoms with Gasteiger partial charge in [-0.2, -0.15) is 0 Å². The zero-order valence-corrected chi connectivity index (χ0v) is 11.3. The molecule has 0 aliphatic carbocycles. The highest BCUT2D eigenvalue weighted by atomic mass is 15.3. The van der Waals surface area contributed by atoms with Crippen LogP contribution in [0.3, 0.4) is 0 Å². The molecule has 0 bridgehead atoms. The quantitative estimate of drug-likeness (QED) is 0.842. The molecule has 100 valence electrons. The van der Waals surface area contributed by atoms with Crippen LogP contribution in [0.1, 0.15) is 18.4 Å². The van der Waals surface area contributed by atoms with Gasteiger partial charge in [0.05, 0.1) is 0 Å². The predicted molar refractivity (Wildman–Crippen MR) is 73.7 cm³/mol. The fourth-order valence-electron chi connectivity index (χ4n) is 2.44. The molecule has 5 nitrogen and oxygen atoms in total. The van der Waals surface area contributed by atoms with Crippen LogP contribution in [0.15, 0.2) is 12.4 Å². The Labute approximate surface area is 109 Å². The second kappa shape index (κ2) is 6.11. The average Bonchev–Trinajstić information content (AvgIpc) is 2.39. The lowest BCUT2D eigenvalue weighted by atomic mass is 10.1. The summed E-state index contributed by atoms with van der Waals surface area (Å²) in [5.74, 6) is 0.816.